The second-order valence-electron chi connectivity index (χ2n) is 19.5. The van der Waals surface area contributed by atoms with Gasteiger partial charge in [-0.15, -0.1) is 0 Å². The van der Waals surface area contributed by atoms with Crippen LogP contribution in [0.25, 0.3) is 0 Å². The first-order chi connectivity index (χ1) is 29.5. The summed E-state index contributed by atoms with van der Waals surface area (Å²) in [4.78, 5) is 53.2. The molecule has 0 saturated heterocycles. The topological polar surface area (TPSA) is 64.2 Å². The van der Waals surface area contributed by atoms with Crippen LogP contribution in [-0.2, 0) is 14.4 Å². The Morgan fingerprint density at radius 1 is 0.295 bits per heavy atom. The molecule has 7 nitrogen and oxygen atoms in total. The number of carbonyl (C=O) groups is 3. The zero-order chi connectivity index (χ0) is 45.8. The molecule has 0 heterocycles. The third-order valence-electron chi connectivity index (χ3n) is 14.3. The molecule has 0 N–H and O–H groups in total. The van der Waals surface area contributed by atoms with E-state index in [9.17, 15) is 14.4 Å². The average molecular weight is 861 g/mol. The van der Waals surface area contributed by atoms with Crippen molar-refractivity contribution in [2.45, 2.75) is 237 Å². The molecule has 0 saturated carbocycles. The van der Waals surface area contributed by atoms with E-state index in [0.29, 0.717) is 35.5 Å². The fraction of sp³-hybridized carbons (Fsp3) is 0.944. The summed E-state index contributed by atoms with van der Waals surface area (Å²) in [5.74, 6) is 3.04. The van der Waals surface area contributed by atoms with Crippen molar-refractivity contribution in [2.75, 3.05) is 58.9 Å². The number of hydrogen-bond donors (Lipinski definition) is 0. The van der Waals surface area contributed by atoms with Crippen molar-refractivity contribution < 1.29 is 14.4 Å². The van der Waals surface area contributed by atoms with Crippen molar-refractivity contribution in [1.82, 2.24) is 19.6 Å². The van der Waals surface area contributed by atoms with Crippen LogP contribution in [0.2, 0.25) is 0 Å². The van der Waals surface area contributed by atoms with Crippen LogP contribution in [-0.4, -0.2) is 96.2 Å². The van der Waals surface area contributed by atoms with Crippen molar-refractivity contribution in [3.63, 3.8) is 0 Å². The predicted molar refractivity (Wildman–Crippen MR) is 266 cm³/mol. The quantitative estimate of drug-likeness (QED) is 0.0613. The summed E-state index contributed by atoms with van der Waals surface area (Å²) in [5, 5.41) is 0. The molecule has 0 aliphatic heterocycles. The van der Waals surface area contributed by atoms with Gasteiger partial charge in [-0.2, -0.15) is 0 Å². The largest absolute Gasteiger partial charge is 0.341 e. The van der Waals surface area contributed by atoms with E-state index in [-0.39, 0.29) is 37.4 Å². The maximum absolute atomic E-state index is 14.9. The van der Waals surface area contributed by atoms with E-state index >= 15 is 0 Å². The summed E-state index contributed by atoms with van der Waals surface area (Å²) in [6.45, 7) is 32.1. The normalized spacial score (nSPS) is 14.7. The van der Waals surface area contributed by atoms with Crippen LogP contribution in [0.15, 0.2) is 0 Å². The van der Waals surface area contributed by atoms with E-state index in [0.717, 1.165) is 155 Å². The number of unbranched alkanes of at least 4 members (excludes halogenated alkanes) is 6. The van der Waals surface area contributed by atoms with Crippen molar-refractivity contribution in [1.29, 1.82) is 0 Å². The Morgan fingerprint density at radius 2 is 0.459 bits per heavy atom. The first-order valence-corrected chi connectivity index (χ1v) is 27.0. The van der Waals surface area contributed by atoms with Gasteiger partial charge in [0.15, 0.2) is 0 Å². The van der Waals surface area contributed by atoms with Gasteiger partial charge in [-0.25, -0.2) is 0 Å². The summed E-state index contributed by atoms with van der Waals surface area (Å²) in [6.07, 6.45) is 27.2. The van der Waals surface area contributed by atoms with E-state index in [1.807, 2.05) is 4.90 Å². The number of carbonyl (C=O) groups excluding carboxylic acids is 3. The minimum Gasteiger partial charge on any atom is -0.341 e. The zero-order valence-electron chi connectivity index (χ0n) is 43.3. The van der Waals surface area contributed by atoms with Gasteiger partial charge in [0, 0.05) is 39.3 Å². The van der Waals surface area contributed by atoms with Gasteiger partial charge in [-0.3, -0.25) is 19.3 Å². The highest BCUT2D eigenvalue weighted by molar-refractivity contribution is 5.84. The zero-order valence-corrected chi connectivity index (χ0v) is 43.3. The highest BCUT2D eigenvalue weighted by atomic mass is 16.2. The molecule has 0 fully saturated rings. The Bertz CT molecular complexity index is 871. The molecule has 0 aromatic carbocycles. The van der Waals surface area contributed by atoms with Gasteiger partial charge in [0.05, 0.1) is 19.6 Å². The van der Waals surface area contributed by atoms with E-state index in [1.54, 1.807) is 0 Å². The van der Waals surface area contributed by atoms with Gasteiger partial charge < -0.3 is 14.7 Å². The number of hydrogen-bond acceptors (Lipinski definition) is 4. The molecule has 0 bridgehead atoms. The van der Waals surface area contributed by atoms with E-state index in [1.165, 1.54) is 38.5 Å². The summed E-state index contributed by atoms with van der Waals surface area (Å²) in [7, 11) is 0. The minimum atomic E-state index is 0.0936. The van der Waals surface area contributed by atoms with Crippen molar-refractivity contribution in [3.8, 4) is 0 Å². The molecule has 61 heavy (non-hydrogen) atoms. The molecule has 0 aliphatic carbocycles. The third-order valence-corrected chi connectivity index (χ3v) is 14.3. The van der Waals surface area contributed by atoms with Gasteiger partial charge in [-0.05, 0) is 74.0 Å². The first-order valence-electron chi connectivity index (χ1n) is 27.0. The second kappa shape index (κ2) is 38.8. The lowest BCUT2D eigenvalue weighted by atomic mass is 9.95. The maximum Gasteiger partial charge on any atom is 0.236 e. The molecule has 0 rings (SSSR count). The van der Waals surface area contributed by atoms with Gasteiger partial charge in [0.1, 0.15) is 0 Å². The Kier molecular flexibility index (Phi) is 37.8. The van der Waals surface area contributed by atoms with Crippen LogP contribution in [0.4, 0.5) is 0 Å². The molecular weight excluding hydrogens is 753 g/mol. The first kappa shape index (κ1) is 59.4. The highest BCUT2D eigenvalue weighted by Gasteiger charge is 2.30. The Morgan fingerprint density at radius 3 is 0.590 bits per heavy atom. The minimum absolute atomic E-state index is 0.0936. The smallest absolute Gasteiger partial charge is 0.236 e. The summed E-state index contributed by atoms with van der Waals surface area (Å²) in [6, 6.07) is 0. The number of rotatable bonds is 42. The van der Waals surface area contributed by atoms with E-state index < -0.39 is 0 Å². The molecule has 0 spiro atoms. The molecule has 0 aliphatic rings. The molecule has 6 atom stereocenters. The van der Waals surface area contributed by atoms with Crippen LogP contribution in [0.3, 0.4) is 0 Å². The van der Waals surface area contributed by atoms with Crippen molar-refractivity contribution >= 4 is 17.7 Å². The molecule has 0 aromatic heterocycles. The molecular formula is C54H108N4O3. The monoisotopic (exact) mass is 861 g/mol. The Hall–Kier alpha value is -1.63. The molecule has 3 amide bonds. The predicted octanol–water partition coefficient (Wildman–Crippen LogP) is 14.1. The lowest BCUT2D eigenvalue weighted by Gasteiger charge is -2.36. The number of nitrogens with zero attached hydrogens (tertiary/aromatic N) is 4. The maximum atomic E-state index is 14.9. The fourth-order valence-corrected chi connectivity index (χ4v) is 9.25. The van der Waals surface area contributed by atoms with Gasteiger partial charge in [0.25, 0.3) is 0 Å². The van der Waals surface area contributed by atoms with E-state index in [2.05, 4.69) is 97.8 Å². The number of amides is 3. The standard InChI is InChI=1S/C54H108N4O3/c1-13-25-31-46(19-7)37-56(38-47(20-8)32-26-14-2)52(59)43-55(44-53(60)57(39-48(21-9)33-27-15-3)40-49(22-10)34-28-16-4)45-54(61)58(41-50(23-11)35-29-17-5)42-51(24-12)36-30-18-6/h46-51H,13-45H2,1-12H3. The summed E-state index contributed by atoms with van der Waals surface area (Å²) in [5.41, 5.74) is 0. The molecule has 0 radical (unpaired) electrons. The van der Waals surface area contributed by atoms with Crippen LogP contribution in [0, 0.1) is 35.5 Å². The average Bonchev–Trinajstić information content (AvgIpc) is 3.27. The van der Waals surface area contributed by atoms with Gasteiger partial charge >= 0.3 is 0 Å². The van der Waals surface area contributed by atoms with Crippen molar-refractivity contribution in [2.24, 2.45) is 35.5 Å². The van der Waals surface area contributed by atoms with Crippen LogP contribution in [0.1, 0.15) is 237 Å². The Balaban J connectivity index is 7.19. The summed E-state index contributed by atoms with van der Waals surface area (Å²) < 4.78 is 0. The van der Waals surface area contributed by atoms with Gasteiger partial charge in [0.2, 0.25) is 17.7 Å². The molecule has 0 aromatic rings. The Labute approximate surface area is 382 Å². The second-order valence-corrected chi connectivity index (χ2v) is 19.5. The third kappa shape index (κ3) is 27.3. The summed E-state index contributed by atoms with van der Waals surface area (Å²) >= 11 is 0. The molecule has 362 valence electrons. The lowest BCUT2D eigenvalue weighted by Crippen LogP contribution is -2.52. The molecule has 7 heteroatoms. The van der Waals surface area contributed by atoms with E-state index in [4.69, 9.17) is 0 Å². The van der Waals surface area contributed by atoms with Gasteiger partial charge in [-0.1, -0.05) is 199 Å². The lowest BCUT2D eigenvalue weighted by molar-refractivity contribution is -0.140. The van der Waals surface area contributed by atoms with Crippen LogP contribution in [0.5, 0.6) is 0 Å². The SMILES string of the molecule is CCCCC(CC)CN(CC(CC)CCCC)C(=O)CN(CC(=O)N(CC(CC)CCCC)CC(CC)CCCC)CC(=O)N(CC(CC)CCCC)CC(CC)CCCC. The molecule has 6 unspecified atom stereocenters. The fourth-order valence-electron chi connectivity index (χ4n) is 9.25. The highest BCUT2D eigenvalue weighted by Crippen LogP contribution is 2.23. The van der Waals surface area contributed by atoms with Crippen molar-refractivity contribution in [3.05, 3.63) is 0 Å². The van der Waals surface area contributed by atoms with Crippen LogP contribution >= 0.6 is 0 Å². The van der Waals surface area contributed by atoms with Crippen LogP contribution < -0.4 is 0 Å².